The second-order valence-electron chi connectivity index (χ2n) is 7.38. The van der Waals surface area contributed by atoms with E-state index in [1.54, 1.807) is 0 Å². The van der Waals surface area contributed by atoms with Crippen LogP contribution in [0.4, 0.5) is 0 Å². The van der Waals surface area contributed by atoms with Crippen molar-refractivity contribution in [1.82, 2.24) is 9.47 Å². The van der Waals surface area contributed by atoms with Crippen molar-refractivity contribution in [3.8, 4) is 0 Å². The van der Waals surface area contributed by atoms with Gasteiger partial charge < -0.3 is 4.57 Å². The highest BCUT2D eigenvalue weighted by atomic mass is 79.9. The van der Waals surface area contributed by atoms with E-state index in [9.17, 15) is 4.79 Å². The number of para-hydroxylation sites is 1. The van der Waals surface area contributed by atoms with Gasteiger partial charge in [-0.25, -0.2) is 0 Å². The molecule has 2 aliphatic rings. The van der Waals surface area contributed by atoms with Crippen LogP contribution >= 0.6 is 15.9 Å². The highest BCUT2D eigenvalue weighted by Crippen LogP contribution is 2.54. The van der Waals surface area contributed by atoms with E-state index in [0.717, 1.165) is 31.5 Å². The Hall–Kier alpha value is -1.39. The Morgan fingerprint density at radius 1 is 1.28 bits per heavy atom. The van der Waals surface area contributed by atoms with E-state index in [1.807, 2.05) is 0 Å². The number of carbonyl (C=O) groups is 1. The molecular weight excluding hydrogens is 376 g/mol. The van der Waals surface area contributed by atoms with Gasteiger partial charge in [0.05, 0.1) is 22.6 Å². The van der Waals surface area contributed by atoms with E-state index >= 15 is 0 Å². The first-order valence-corrected chi connectivity index (χ1v) is 10.3. The lowest BCUT2D eigenvalue weighted by Gasteiger charge is -2.48. The maximum absolute atomic E-state index is 12.8. The second kappa shape index (κ2) is 6.10. The molecule has 2 aromatic rings. The Balaban J connectivity index is 2.12. The van der Waals surface area contributed by atoms with E-state index in [2.05, 4.69) is 76.6 Å². The fourth-order valence-corrected chi connectivity index (χ4v) is 5.29. The van der Waals surface area contributed by atoms with Crippen molar-refractivity contribution in [1.29, 1.82) is 0 Å². The van der Waals surface area contributed by atoms with E-state index in [-0.39, 0.29) is 11.2 Å². The molecule has 0 N–H and O–H groups in total. The zero-order chi connectivity index (χ0) is 17.8. The molecule has 0 aliphatic carbocycles. The summed E-state index contributed by atoms with van der Waals surface area (Å²) >= 11 is 3.40. The minimum Gasteiger partial charge on any atom is -0.309 e. The Morgan fingerprint density at radius 2 is 2.00 bits per heavy atom. The van der Waals surface area contributed by atoms with Crippen molar-refractivity contribution < 1.29 is 4.79 Å². The molecule has 1 aromatic heterocycles. The lowest BCUT2D eigenvalue weighted by Crippen LogP contribution is -2.45. The van der Waals surface area contributed by atoms with Crippen LogP contribution in [0.3, 0.4) is 0 Å². The number of rotatable bonds is 4. The monoisotopic (exact) mass is 400 g/mol. The number of hydrogen-bond donors (Lipinski definition) is 0. The van der Waals surface area contributed by atoms with Crippen LogP contribution in [-0.4, -0.2) is 34.2 Å². The summed E-state index contributed by atoms with van der Waals surface area (Å²) in [4.78, 5) is 15.3. The fourth-order valence-electron chi connectivity index (χ4n) is 5.00. The number of alkyl halides is 1. The molecule has 0 radical (unpaired) electrons. The molecule has 0 unspecified atom stereocenters. The average Bonchev–Trinajstić information content (AvgIpc) is 2.99. The first kappa shape index (κ1) is 17.0. The van der Waals surface area contributed by atoms with Gasteiger partial charge in [0.2, 0.25) is 0 Å². The van der Waals surface area contributed by atoms with Crippen LogP contribution in [-0.2, 0) is 11.2 Å². The zero-order valence-corrected chi connectivity index (χ0v) is 16.8. The van der Waals surface area contributed by atoms with Crippen molar-refractivity contribution in [2.24, 2.45) is 5.41 Å². The number of allylic oxidation sites excluding steroid dienone is 1. The molecule has 2 aliphatic heterocycles. The van der Waals surface area contributed by atoms with Crippen LogP contribution in [0.2, 0.25) is 0 Å². The Kier molecular flexibility index (Phi) is 4.16. The largest absolute Gasteiger partial charge is 0.309 e. The van der Waals surface area contributed by atoms with E-state index in [1.165, 1.54) is 22.2 Å². The van der Waals surface area contributed by atoms with Crippen LogP contribution in [0.25, 0.3) is 16.6 Å². The van der Waals surface area contributed by atoms with Crippen molar-refractivity contribution in [2.45, 2.75) is 39.2 Å². The Bertz CT molecular complexity index is 875. The Morgan fingerprint density at radius 3 is 2.68 bits per heavy atom. The summed E-state index contributed by atoms with van der Waals surface area (Å²) in [5, 5.41) is 1.68. The zero-order valence-electron chi connectivity index (χ0n) is 15.2. The van der Waals surface area contributed by atoms with Crippen LogP contribution in [0.1, 0.15) is 44.0 Å². The molecule has 0 bridgehead atoms. The number of aromatic nitrogens is 1. The molecule has 0 fully saturated rings. The number of hydrogen-bond acceptors (Lipinski definition) is 2. The van der Waals surface area contributed by atoms with E-state index < -0.39 is 0 Å². The van der Waals surface area contributed by atoms with Gasteiger partial charge in [-0.1, -0.05) is 48.0 Å². The minimum absolute atomic E-state index is 0.0153. The van der Waals surface area contributed by atoms with E-state index in [4.69, 9.17) is 0 Å². The third kappa shape index (κ3) is 2.23. The summed E-state index contributed by atoms with van der Waals surface area (Å²) in [6, 6.07) is 8.90. The summed E-state index contributed by atoms with van der Waals surface area (Å²) < 4.78 is 2.26. The molecule has 3 nitrogen and oxygen atoms in total. The number of fused-ring (bicyclic) bond motifs is 3. The first-order chi connectivity index (χ1) is 12.1. The predicted molar refractivity (Wildman–Crippen MR) is 107 cm³/mol. The van der Waals surface area contributed by atoms with Gasteiger partial charge in [-0.3, -0.25) is 9.69 Å². The van der Waals surface area contributed by atoms with Gasteiger partial charge in [-0.05, 0) is 44.0 Å². The molecule has 4 heteroatoms. The molecule has 25 heavy (non-hydrogen) atoms. The van der Waals surface area contributed by atoms with Gasteiger partial charge in [0.25, 0.3) is 0 Å². The van der Waals surface area contributed by atoms with Crippen LogP contribution < -0.4 is 0 Å². The lowest BCUT2D eigenvalue weighted by molar-refractivity contribution is -0.111. The third-order valence-electron chi connectivity index (χ3n) is 6.37. The molecule has 0 spiro atoms. The molecule has 132 valence electrons. The average molecular weight is 401 g/mol. The van der Waals surface area contributed by atoms with Gasteiger partial charge in [0, 0.05) is 23.0 Å². The predicted octanol–water partition coefficient (Wildman–Crippen LogP) is 4.80. The topological polar surface area (TPSA) is 25.2 Å². The maximum Gasteiger partial charge on any atom is 0.189 e. The molecular formula is C21H25BrN2O. The summed E-state index contributed by atoms with van der Waals surface area (Å²) in [5.41, 5.74) is 4.84. The van der Waals surface area contributed by atoms with Gasteiger partial charge in [0.15, 0.2) is 5.78 Å². The summed E-state index contributed by atoms with van der Waals surface area (Å²) in [7, 11) is 2.24. The van der Waals surface area contributed by atoms with E-state index in [0.29, 0.717) is 11.4 Å². The van der Waals surface area contributed by atoms with Gasteiger partial charge in [-0.15, -0.1) is 0 Å². The van der Waals surface area contributed by atoms with Gasteiger partial charge >= 0.3 is 0 Å². The number of Topliss-reactive ketones (excluding diaryl/α,β-unsaturated/α-hetero) is 1. The number of likely N-dealkylation sites (N-methyl/N-ethyl adjacent to an activating group) is 1. The molecule has 0 saturated carbocycles. The number of ketones is 1. The summed E-state index contributed by atoms with van der Waals surface area (Å²) in [6.07, 6.45) is 5.42. The molecule has 1 aromatic carbocycles. The van der Waals surface area contributed by atoms with Gasteiger partial charge in [-0.2, -0.15) is 0 Å². The Labute approximate surface area is 157 Å². The van der Waals surface area contributed by atoms with Crippen LogP contribution in [0, 0.1) is 5.41 Å². The smallest absolute Gasteiger partial charge is 0.189 e. The molecule has 3 heterocycles. The molecule has 1 atom stereocenters. The number of carbonyl (C=O) groups excluding carboxylic acids is 1. The normalized spacial score (nSPS) is 21.9. The molecule has 0 saturated heterocycles. The first-order valence-electron chi connectivity index (χ1n) is 9.22. The molecule has 4 rings (SSSR count). The summed E-state index contributed by atoms with van der Waals surface area (Å²) in [6.45, 7) is 5.59. The minimum atomic E-state index is 0.0153. The standard InChI is InChI=1S/C21H25BrN2O/c1-4-21(5-2)12-17(18(25)13-22)24-16-9-7-6-8-14(16)15-10-11-23(3)20(21)19(15)24/h6-9,12,20H,4-5,10-11,13H2,1-3H3/t20-/m1/s1. The van der Waals surface area contributed by atoms with Crippen LogP contribution in [0.5, 0.6) is 0 Å². The fraction of sp³-hybridized carbons (Fsp3) is 0.476. The van der Waals surface area contributed by atoms with Gasteiger partial charge in [0.1, 0.15) is 0 Å². The third-order valence-corrected chi connectivity index (χ3v) is 6.88. The highest BCUT2D eigenvalue weighted by Gasteiger charge is 2.47. The van der Waals surface area contributed by atoms with Crippen LogP contribution in [0.15, 0.2) is 30.3 Å². The van der Waals surface area contributed by atoms with Crippen molar-refractivity contribution in [3.63, 3.8) is 0 Å². The maximum atomic E-state index is 12.8. The lowest BCUT2D eigenvalue weighted by atomic mass is 9.69. The van der Waals surface area contributed by atoms with Crippen molar-refractivity contribution in [2.75, 3.05) is 18.9 Å². The van der Waals surface area contributed by atoms with Crippen molar-refractivity contribution >= 4 is 38.3 Å². The number of nitrogens with zero attached hydrogens (tertiary/aromatic N) is 2. The number of halogens is 1. The van der Waals surface area contributed by atoms with Crippen molar-refractivity contribution in [3.05, 3.63) is 41.6 Å². The SMILES string of the molecule is CCC1(CC)C=C(C(=O)CBr)n2c3c(c4ccccc42)CCN(C)[C@H]31. The quantitative estimate of drug-likeness (QED) is 0.688. The highest BCUT2D eigenvalue weighted by molar-refractivity contribution is 9.09. The molecule has 0 amide bonds. The second-order valence-corrected chi connectivity index (χ2v) is 7.94. The summed E-state index contributed by atoms with van der Waals surface area (Å²) in [5.74, 6) is 0.168. The number of benzene rings is 1.